The molecule has 0 amide bonds. The van der Waals surface area contributed by atoms with Crippen LogP contribution in [-0.2, 0) is 17.6 Å². The summed E-state index contributed by atoms with van der Waals surface area (Å²) in [5.41, 5.74) is 0.959. The molecule has 0 aliphatic heterocycles. The van der Waals surface area contributed by atoms with E-state index in [1.54, 1.807) is 72.8 Å². The predicted molar refractivity (Wildman–Crippen MR) is 178 cm³/mol. The normalized spacial score (nSPS) is 10.7. The summed E-state index contributed by atoms with van der Waals surface area (Å²) in [5, 5.41) is 30.9. The van der Waals surface area contributed by atoms with Crippen LogP contribution in [0.15, 0.2) is 103 Å². The number of fused-ring (bicyclic) bond motifs is 2. The topological polar surface area (TPSA) is 183 Å². The molecule has 0 spiro atoms. The lowest BCUT2D eigenvalue weighted by Crippen LogP contribution is -2.10. The van der Waals surface area contributed by atoms with Crippen LogP contribution in [0, 0.1) is 0 Å². The van der Waals surface area contributed by atoms with Gasteiger partial charge in [-0.2, -0.15) is 0 Å². The van der Waals surface area contributed by atoms with Crippen LogP contribution in [-0.4, -0.2) is 48.6 Å². The molecule has 250 valence electrons. The fraction of sp³-hybridized carbons (Fsp3) is 0.135. The second-order valence-electron chi connectivity index (χ2n) is 10.6. The van der Waals surface area contributed by atoms with Crippen LogP contribution >= 0.6 is 0 Å². The van der Waals surface area contributed by atoms with Crippen molar-refractivity contribution in [1.29, 1.82) is 0 Å². The number of ether oxygens (including phenoxy) is 3. The minimum absolute atomic E-state index is 0.0142. The maximum absolute atomic E-state index is 12.2. The fourth-order valence-corrected chi connectivity index (χ4v) is 5.23. The molecule has 12 heteroatoms. The van der Waals surface area contributed by atoms with Crippen LogP contribution in [0.4, 0.5) is 0 Å². The maximum atomic E-state index is 12.2. The molecule has 0 aliphatic rings. The Morgan fingerprint density at radius 2 is 1.06 bits per heavy atom. The standard InChI is InChI=1S/C19H16O6.C18H14O6/c1-23-15-8-7-11(9-13(15)18(21)24-2)10-14-17(20)12-5-3-4-6-16(12)25-19(14)22;1-23-14-7-6-10(8-12(14)17(20)21)9-13-16(19)11-4-2-3-5-15(11)24-18(13)22/h3-9,20H,10H2,1-2H3;2-8,19H,9H2,1H3,(H,20,21). The summed E-state index contributed by atoms with van der Waals surface area (Å²) in [7, 11) is 4.11. The SMILES string of the molecule is COC(=O)c1cc(Cc2c(O)c3ccccc3oc2=O)ccc1OC.COc1ccc(Cc2c(O)c3ccccc3oc2=O)cc1C(=O)O. The number of rotatable bonds is 8. The number of carboxylic acids is 1. The molecule has 0 saturated heterocycles. The molecule has 2 aromatic heterocycles. The molecule has 0 atom stereocenters. The monoisotopic (exact) mass is 666 g/mol. The maximum Gasteiger partial charge on any atom is 0.343 e. The molecule has 49 heavy (non-hydrogen) atoms. The van der Waals surface area contributed by atoms with Crippen molar-refractivity contribution >= 4 is 33.9 Å². The molecule has 0 unspecified atom stereocenters. The lowest BCUT2D eigenvalue weighted by atomic mass is 10.0. The van der Waals surface area contributed by atoms with Crippen molar-refractivity contribution in [2.45, 2.75) is 12.8 Å². The Balaban J connectivity index is 0.000000191. The highest BCUT2D eigenvalue weighted by Gasteiger charge is 2.19. The Morgan fingerprint density at radius 3 is 1.49 bits per heavy atom. The Bertz CT molecular complexity index is 2320. The zero-order valence-corrected chi connectivity index (χ0v) is 26.5. The number of esters is 1. The van der Waals surface area contributed by atoms with Gasteiger partial charge in [0.15, 0.2) is 0 Å². The number of carbonyl (C=O) groups is 2. The summed E-state index contributed by atoms with van der Waals surface area (Å²) in [6, 6.07) is 22.9. The van der Waals surface area contributed by atoms with Gasteiger partial charge in [0, 0.05) is 12.8 Å². The van der Waals surface area contributed by atoms with E-state index in [0.29, 0.717) is 38.8 Å². The first-order chi connectivity index (χ1) is 23.6. The zero-order chi connectivity index (χ0) is 35.2. The van der Waals surface area contributed by atoms with Gasteiger partial charge in [0.05, 0.1) is 43.2 Å². The highest BCUT2D eigenvalue weighted by molar-refractivity contribution is 5.93. The van der Waals surface area contributed by atoms with E-state index in [1.165, 1.54) is 33.5 Å². The Kier molecular flexibility index (Phi) is 9.98. The molecule has 2 heterocycles. The molecule has 3 N–H and O–H groups in total. The van der Waals surface area contributed by atoms with Crippen LogP contribution in [0.3, 0.4) is 0 Å². The van der Waals surface area contributed by atoms with Crippen molar-refractivity contribution in [3.63, 3.8) is 0 Å². The Hall–Kier alpha value is -6.56. The molecule has 0 aliphatic carbocycles. The van der Waals surface area contributed by atoms with Gasteiger partial charge >= 0.3 is 23.2 Å². The van der Waals surface area contributed by atoms with Crippen LogP contribution in [0.2, 0.25) is 0 Å². The molecular formula is C37H30O12. The van der Waals surface area contributed by atoms with E-state index in [2.05, 4.69) is 0 Å². The van der Waals surface area contributed by atoms with E-state index in [1.807, 2.05) is 0 Å². The molecule has 12 nitrogen and oxygen atoms in total. The number of hydrogen-bond donors (Lipinski definition) is 3. The molecule has 0 bridgehead atoms. The number of carboxylic acid groups (broad SMARTS) is 1. The molecule has 0 fully saturated rings. The van der Waals surface area contributed by atoms with Crippen molar-refractivity contribution < 1.29 is 48.0 Å². The molecule has 0 saturated carbocycles. The van der Waals surface area contributed by atoms with Crippen LogP contribution < -0.4 is 20.7 Å². The number of aromatic hydroxyl groups is 2. The van der Waals surface area contributed by atoms with Crippen molar-refractivity contribution in [3.05, 3.63) is 139 Å². The van der Waals surface area contributed by atoms with E-state index in [-0.39, 0.29) is 52.3 Å². The Labute approximate surface area is 278 Å². The zero-order valence-electron chi connectivity index (χ0n) is 26.5. The molecule has 4 aromatic carbocycles. The second kappa shape index (κ2) is 14.5. The van der Waals surface area contributed by atoms with Crippen LogP contribution in [0.5, 0.6) is 23.0 Å². The minimum atomic E-state index is -1.14. The number of benzene rings is 4. The number of aromatic carboxylic acids is 1. The third-order valence-electron chi connectivity index (χ3n) is 7.68. The van der Waals surface area contributed by atoms with Crippen molar-refractivity contribution in [2.24, 2.45) is 0 Å². The number of carbonyl (C=O) groups excluding carboxylic acids is 1. The van der Waals surface area contributed by atoms with E-state index < -0.39 is 23.2 Å². The molecule has 6 aromatic rings. The van der Waals surface area contributed by atoms with Gasteiger partial charge in [-0.1, -0.05) is 36.4 Å². The van der Waals surface area contributed by atoms with Gasteiger partial charge in [0.1, 0.15) is 45.3 Å². The summed E-state index contributed by atoms with van der Waals surface area (Å²) >= 11 is 0. The van der Waals surface area contributed by atoms with E-state index in [9.17, 15) is 34.5 Å². The largest absolute Gasteiger partial charge is 0.507 e. The van der Waals surface area contributed by atoms with Crippen LogP contribution in [0.25, 0.3) is 21.9 Å². The van der Waals surface area contributed by atoms with Crippen molar-refractivity contribution in [2.75, 3.05) is 21.3 Å². The molecular weight excluding hydrogens is 636 g/mol. The molecule has 0 radical (unpaired) electrons. The highest BCUT2D eigenvalue weighted by Crippen LogP contribution is 2.30. The first-order valence-electron chi connectivity index (χ1n) is 14.7. The van der Waals surface area contributed by atoms with Crippen LogP contribution in [0.1, 0.15) is 43.0 Å². The third-order valence-corrected chi connectivity index (χ3v) is 7.68. The number of methoxy groups -OCH3 is 3. The van der Waals surface area contributed by atoms with E-state index >= 15 is 0 Å². The van der Waals surface area contributed by atoms with Gasteiger partial charge in [-0.3, -0.25) is 0 Å². The first-order valence-corrected chi connectivity index (χ1v) is 14.7. The van der Waals surface area contributed by atoms with Crippen molar-refractivity contribution in [3.8, 4) is 23.0 Å². The summed E-state index contributed by atoms with van der Waals surface area (Å²) in [6.45, 7) is 0. The number of para-hydroxylation sites is 2. The van der Waals surface area contributed by atoms with Gasteiger partial charge in [-0.15, -0.1) is 0 Å². The third kappa shape index (κ3) is 7.08. The summed E-state index contributed by atoms with van der Waals surface area (Å²) in [4.78, 5) is 47.5. The lowest BCUT2D eigenvalue weighted by molar-refractivity contribution is 0.0596. The lowest BCUT2D eigenvalue weighted by Gasteiger charge is -2.10. The second-order valence-corrected chi connectivity index (χ2v) is 10.6. The predicted octanol–water partition coefficient (Wildman–Crippen LogP) is 5.68. The summed E-state index contributed by atoms with van der Waals surface area (Å²) in [6.07, 6.45) is 0.149. The fourth-order valence-electron chi connectivity index (χ4n) is 5.23. The summed E-state index contributed by atoms with van der Waals surface area (Å²) in [5.74, 6) is -1.37. The smallest absolute Gasteiger partial charge is 0.343 e. The van der Waals surface area contributed by atoms with Gasteiger partial charge in [-0.25, -0.2) is 19.2 Å². The van der Waals surface area contributed by atoms with Gasteiger partial charge in [0.2, 0.25) is 0 Å². The minimum Gasteiger partial charge on any atom is -0.507 e. The Morgan fingerprint density at radius 1 is 0.633 bits per heavy atom. The number of hydrogen-bond acceptors (Lipinski definition) is 11. The van der Waals surface area contributed by atoms with Gasteiger partial charge in [0.25, 0.3) is 0 Å². The quantitative estimate of drug-likeness (QED) is 0.134. The highest BCUT2D eigenvalue weighted by atomic mass is 16.5. The van der Waals surface area contributed by atoms with E-state index in [4.69, 9.17) is 23.0 Å². The van der Waals surface area contributed by atoms with E-state index in [0.717, 1.165) is 0 Å². The van der Waals surface area contributed by atoms with Gasteiger partial charge in [-0.05, 0) is 59.7 Å². The average molecular weight is 667 g/mol. The van der Waals surface area contributed by atoms with Crippen molar-refractivity contribution in [1.82, 2.24) is 0 Å². The molecule has 6 rings (SSSR count). The summed E-state index contributed by atoms with van der Waals surface area (Å²) < 4.78 is 25.4. The average Bonchev–Trinajstić information content (AvgIpc) is 3.11. The first kappa shape index (κ1) is 33.8. The van der Waals surface area contributed by atoms with Gasteiger partial charge < -0.3 is 38.4 Å².